The molecule has 0 saturated carbocycles. The highest BCUT2D eigenvalue weighted by atomic mass is 15.1. The first-order valence-corrected chi connectivity index (χ1v) is 5.49. The first kappa shape index (κ1) is 11.0. The van der Waals surface area contributed by atoms with Crippen molar-refractivity contribution in [3.8, 4) is 0 Å². The van der Waals surface area contributed by atoms with Gasteiger partial charge in [0.05, 0.1) is 0 Å². The molecule has 0 unspecified atom stereocenters. The minimum absolute atomic E-state index is 0.787. The molecule has 0 radical (unpaired) electrons. The van der Waals surface area contributed by atoms with Crippen molar-refractivity contribution in [1.82, 2.24) is 10.2 Å². The number of hydrogen-bond acceptors (Lipinski definition) is 2. The second kappa shape index (κ2) is 4.97. The van der Waals surface area contributed by atoms with E-state index in [0.29, 0.717) is 0 Å². The maximum absolute atomic E-state index is 3.45. The smallest absolute Gasteiger partial charge is 0.00219 e. The van der Waals surface area contributed by atoms with E-state index in [-0.39, 0.29) is 0 Å². The Labute approximate surface area is 82.7 Å². The molecule has 1 fully saturated rings. The van der Waals surface area contributed by atoms with Gasteiger partial charge in [-0.3, -0.25) is 0 Å². The molecule has 2 atom stereocenters. The van der Waals surface area contributed by atoms with E-state index in [1.165, 1.54) is 26.2 Å². The fraction of sp³-hybridized carbons (Fsp3) is 1.00. The molecule has 13 heavy (non-hydrogen) atoms. The van der Waals surface area contributed by atoms with Crippen molar-refractivity contribution in [3.63, 3.8) is 0 Å². The van der Waals surface area contributed by atoms with Crippen molar-refractivity contribution in [2.45, 2.75) is 20.8 Å². The van der Waals surface area contributed by atoms with Crippen LogP contribution in [0.15, 0.2) is 0 Å². The maximum atomic E-state index is 3.45. The van der Waals surface area contributed by atoms with Crippen LogP contribution < -0.4 is 5.32 Å². The molecule has 1 heterocycles. The van der Waals surface area contributed by atoms with Crippen molar-refractivity contribution < 1.29 is 0 Å². The maximum Gasteiger partial charge on any atom is 0.00219 e. The molecule has 2 heteroatoms. The quantitative estimate of drug-likeness (QED) is 0.711. The summed E-state index contributed by atoms with van der Waals surface area (Å²) in [6.45, 7) is 11.8. The zero-order valence-electron chi connectivity index (χ0n) is 9.51. The third-order valence-electron chi connectivity index (χ3n) is 2.90. The number of rotatable bonds is 4. The van der Waals surface area contributed by atoms with E-state index in [1.807, 2.05) is 0 Å². The molecule has 1 rings (SSSR count). The van der Waals surface area contributed by atoms with Gasteiger partial charge in [-0.05, 0) is 37.9 Å². The fourth-order valence-corrected chi connectivity index (χ4v) is 2.21. The SMILES string of the molecule is CC(C)CN(C)C[C@@H]1CNC[C@H]1C. The minimum Gasteiger partial charge on any atom is -0.316 e. The van der Waals surface area contributed by atoms with Crippen LogP contribution >= 0.6 is 0 Å². The summed E-state index contributed by atoms with van der Waals surface area (Å²) in [5.41, 5.74) is 0. The largest absolute Gasteiger partial charge is 0.316 e. The van der Waals surface area contributed by atoms with Crippen molar-refractivity contribution in [1.29, 1.82) is 0 Å². The predicted octanol–water partition coefficient (Wildman–Crippen LogP) is 1.43. The molecular formula is C11H24N2. The molecule has 0 bridgehead atoms. The molecule has 1 saturated heterocycles. The van der Waals surface area contributed by atoms with Crippen molar-refractivity contribution in [2.75, 3.05) is 33.2 Å². The predicted molar refractivity (Wildman–Crippen MR) is 57.9 cm³/mol. The molecule has 0 aromatic rings. The molecule has 78 valence electrons. The summed E-state index contributed by atoms with van der Waals surface area (Å²) in [7, 11) is 2.24. The summed E-state index contributed by atoms with van der Waals surface area (Å²) in [5, 5.41) is 3.45. The van der Waals surface area contributed by atoms with Gasteiger partial charge in [0.15, 0.2) is 0 Å². The Morgan fingerprint density at radius 3 is 2.54 bits per heavy atom. The second-order valence-corrected chi connectivity index (χ2v) is 5.01. The van der Waals surface area contributed by atoms with Crippen LogP contribution in [0, 0.1) is 17.8 Å². The highest BCUT2D eigenvalue weighted by Gasteiger charge is 2.23. The van der Waals surface area contributed by atoms with E-state index < -0.39 is 0 Å². The van der Waals surface area contributed by atoms with E-state index in [9.17, 15) is 0 Å². The zero-order chi connectivity index (χ0) is 9.84. The lowest BCUT2D eigenvalue weighted by Crippen LogP contribution is -2.31. The van der Waals surface area contributed by atoms with Crippen molar-refractivity contribution in [2.24, 2.45) is 17.8 Å². The average molecular weight is 184 g/mol. The Bertz CT molecular complexity index is 145. The van der Waals surface area contributed by atoms with Crippen LogP contribution in [0.3, 0.4) is 0 Å². The van der Waals surface area contributed by atoms with E-state index in [2.05, 4.69) is 38.0 Å². The Morgan fingerprint density at radius 1 is 1.38 bits per heavy atom. The van der Waals surface area contributed by atoms with Crippen molar-refractivity contribution >= 4 is 0 Å². The van der Waals surface area contributed by atoms with Gasteiger partial charge in [0.25, 0.3) is 0 Å². The fourth-order valence-electron chi connectivity index (χ4n) is 2.21. The summed E-state index contributed by atoms with van der Waals surface area (Å²) in [6, 6.07) is 0. The van der Waals surface area contributed by atoms with Gasteiger partial charge in [0.1, 0.15) is 0 Å². The van der Waals surface area contributed by atoms with Crippen LogP contribution in [0.4, 0.5) is 0 Å². The summed E-state index contributed by atoms with van der Waals surface area (Å²) < 4.78 is 0. The Balaban J connectivity index is 2.22. The first-order valence-electron chi connectivity index (χ1n) is 5.49. The molecular weight excluding hydrogens is 160 g/mol. The average Bonchev–Trinajstić information content (AvgIpc) is 2.34. The van der Waals surface area contributed by atoms with Gasteiger partial charge in [0.2, 0.25) is 0 Å². The van der Waals surface area contributed by atoms with Crippen LogP contribution in [0.5, 0.6) is 0 Å². The van der Waals surface area contributed by atoms with E-state index in [0.717, 1.165) is 17.8 Å². The highest BCUT2D eigenvalue weighted by Crippen LogP contribution is 2.16. The lowest BCUT2D eigenvalue weighted by molar-refractivity contribution is 0.237. The van der Waals surface area contributed by atoms with Crippen molar-refractivity contribution in [3.05, 3.63) is 0 Å². The van der Waals surface area contributed by atoms with Gasteiger partial charge >= 0.3 is 0 Å². The van der Waals surface area contributed by atoms with Gasteiger partial charge in [-0.2, -0.15) is 0 Å². The Morgan fingerprint density at radius 2 is 2.08 bits per heavy atom. The van der Waals surface area contributed by atoms with Crippen LogP contribution in [0.25, 0.3) is 0 Å². The third kappa shape index (κ3) is 3.65. The molecule has 0 amide bonds. The van der Waals surface area contributed by atoms with E-state index in [4.69, 9.17) is 0 Å². The van der Waals surface area contributed by atoms with Gasteiger partial charge in [0, 0.05) is 13.1 Å². The minimum atomic E-state index is 0.787. The standard InChI is InChI=1S/C11H24N2/c1-9(2)7-13(4)8-11-6-12-5-10(11)3/h9-12H,5-8H2,1-4H3/t10-,11+/m1/s1. The van der Waals surface area contributed by atoms with Crippen LogP contribution in [0.1, 0.15) is 20.8 Å². The topological polar surface area (TPSA) is 15.3 Å². The lowest BCUT2D eigenvalue weighted by atomic mass is 9.97. The molecule has 1 N–H and O–H groups in total. The third-order valence-corrected chi connectivity index (χ3v) is 2.90. The summed E-state index contributed by atoms with van der Waals surface area (Å²) in [4.78, 5) is 2.47. The Kier molecular flexibility index (Phi) is 4.20. The number of hydrogen-bond donors (Lipinski definition) is 1. The molecule has 1 aliphatic rings. The normalized spacial score (nSPS) is 29.1. The van der Waals surface area contributed by atoms with Gasteiger partial charge < -0.3 is 10.2 Å². The summed E-state index contributed by atoms with van der Waals surface area (Å²) in [6.07, 6.45) is 0. The number of nitrogens with zero attached hydrogens (tertiary/aromatic N) is 1. The van der Waals surface area contributed by atoms with Gasteiger partial charge in [-0.1, -0.05) is 20.8 Å². The first-order chi connectivity index (χ1) is 6.09. The van der Waals surface area contributed by atoms with Crippen LogP contribution in [0.2, 0.25) is 0 Å². The molecule has 0 aromatic heterocycles. The van der Waals surface area contributed by atoms with Gasteiger partial charge in [-0.25, -0.2) is 0 Å². The summed E-state index contributed by atoms with van der Waals surface area (Å²) in [5.74, 6) is 2.51. The molecule has 0 spiro atoms. The molecule has 0 aliphatic carbocycles. The molecule has 0 aromatic carbocycles. The summed E-state index contributed by atoms with van der Waals surface area (Å²) >= 11 is 0. The Hall–Kier alpha value is -0.0800. The second-order valence-electron chi connectivity index (χ2n) is 5.01. The molecule has 1 aliphatic heterocycles. The highest BCUT2D eigenvalue weighted by molar-refractivity contribution is 4.79. The monoisotopic (exact) mass is 184 g/mol. The zero-order valence-corrected chi connectivity index (χ0v) is 9.51. The lowest BCUT2D eigenvalue weighted by Gasteiger charge is -2.24. The van der Waals surface area contributed by atoms with Crippen LogP contribution in [-0.4, -0.2) is 38.1 Å². The van der Waals surface area contributed by atoms with E-state index in [1.54, 1.807) is 0 Å². The molecule has 2 nitrogen and oxygen atoms in total. The van der Waals surface area contributed by atoms with Crippen LogP contribution in [-0.2, 0) is 0 Å². The van der Waals surface area contributed by atoms with Gasteiger partial charge in [-0.15, -0.1) is 0 Å². The number of nitrogens with one attached hydrogen (secondary N) is 1. The van der Waals surface area contributed by atoms with E-state index >= 15 is 0 Å².